The fourth-order valence-corrected chi connectivity index (χ4v) is 2.64. The summed E-state index contributed by atoms with van der Waals surface area (Å²) in [4.78, 5) is 12.8. The zero-order chi connectivity index (χ0) is 14.8. The van der Waals surface area contributed by atoms with Crippen molar-refractivity contribution in [3.05, 3.63) is 38.9 Å². The summed E-state index contributed by atoms with van der Waals surface area (Å²) in [6.45, 7) is 3.93. The molecule has 1 aliphatic rings. The van der Waals surface area contributed by atoms with Gasteiger partial charge in [-0.15, -0.1) is 0 Å². The first-order chi connectivity index (χ1) is 9.45. The number of rotatable bonds is 3. The largest absolute Gasteiger partial charge is 0.299 e. The second-order valence-corrected chi connectivity index (χ2v) is 5.85. The summed E-state index contributed by atoms with van der Waals surface area (Å²) in [5.74, 6) is 0. The van der Waals surface area contributed by atoms with Crippen LogP contribution in [-0.2, 0) is 6.54 Å². The van der Waals surface area contributed by atoms with Crippen LogP contribution in [0.1, 0.15) is 25.3 Å². The summed E-state index contributed by atoms with van der Waals surface area (Å²) < 4.78 is 0. The van der Waals surface area contributed by atoms with Crippen molar-refractivity contribution in [1.29, 1.82) is 5.26 Å². The van der Waals surface area contributed by atoms with Crippen LogP contribution in [0.5, 0.6) is 0 Å². The molecule has 1 fully saturated rings. The Labute approximate surface area is 122 Å². The fourth-order valence-electron chi connectivity index (χ4n) is 2.41. The zero-order valence-corrected chi connectivity index (χ0v) is 12.1. The van der Waals surface area contributed by atoms with E-state index < -0.39 is 4.92 Å². The molecule has 1 aromatic rings. The number of hydrogen-bond donors (Lipinski definition) is 0. The number of nitrogens with zero attached hydrogens (tertiary/aromatic N) is 3. The minimum absolute atomic E-state index is 0.0612. The number of nitro benzene ring substituents is 1. The Kier molecular flexibility index (Phi) is 4.26. The van der Waals surface area contributed by atoms with Crippen molar-refractivity contribution in [2.45, 2.75) is 26.3 Å². The van der Waals surface area contributed by atoms with Gasteiger partial charge in [0.05, 0.1) is 27.0 Å². The van der Waals surface area contributed by atoms with Gasteiger partial charge in [0.25, 0.3) is 5.69 Å². The Balaban J connectivity index is 2.13. The van der Waals surface area contributed by atoms with E-state index in [-0.39, 0.29) is 11.1 Å². The Morgan fingerprint density at radius 1 is 1.50 bits per heavy atom. The molecule has 0 amide bonds. The molecule has 0 aromatic heterocycles. The standard InChI is InChI=1S/C14H16ClN3O2/c1-14(10-16)5-7-17(8-6-14)9-11-12(15)3-2-4-13(11)18(19)20/h2-4H,5-9H2,1H3. The molecule has 1 heterocycles. The molecule has 0 spiro atoms. The summed E-state index contributed by atoms with van der Waals surface area (Å²) in [6, 6.07) is 7.09. The highest BCUT2D eigenvalue weighted by molar-refractivity contribution is 6.31. The van der Waals surface area contributed by atoms with Crippen molar-refractivity contribution in [3.8, 4) is 6.07 Å². The van der Waals surface area contributed by atoms with E-state index in [1.165, 1.54) is 6.07 Å². The third-order valence-corrected chi connectivity index (χ3v) is 4.26. The molecule has 20 heavy (non-hydrogen) atoms. The first-order valence-electron chi connectivity index (χ1n) is 6.50. The number of likely N-dealkylation sites (tertiary alicyclic amines) is 1. The number of halogens is 1. The molecule has 1 aromatic carbocycles. The van der Waals surface area contributed by atoms with Gasteiger partial charge in [0.15, 0.2) is 0 Å². The topological polar surface area (TPSA) is 70.2 Å². The Hall–Kier alpha value is -1.64. The molecule has 6 heteroatoms. The normalized spacial score (nSPS) is 18.4. The summed E-state index contributed by atoms with van der Waals surface area (Å²) in [5.41, 5.74) is 0.342. The Morgan fingerprint density at radius 3 is 2.70 bits per heavy atom. The molecular formula is C14H16ClN3O2. The molecule has 0 saturated carbocycles. The molecule has 106 valence electrons. The highest BCUT2D eigenvalue weighted by atomic mass is 35.5. The van der Waals surface area contributed by atoms with E-state index in [1.54, 1.807) is 12.1 Å². The van der Waals surface area contributed by atoms with Crippen molar-refractivity contribution < 1.29 is 4.92 Å². The highest BCUT2D eigenvalue weighted by Gasteiger charge is 2.31. The maximum absolute atomic E-state index is 11.1. The smallest absolute Gasteiger partial charge is 0.275 e. The molecule has 5 nitrogen and oxygen atoms in total. The van der Waals surface area contributed by atoms with E-state index in [0.717, 1.165) is 25.9 Å². The van der Waals surface area contributed by atoms with Crippen molar-refractivity contribution in [2.75, 3.05) is 13.1 Å². The average Bonchev–Trinajstić information content (AvgIpc) is 2.43. The van der Waals surface area contributed by atoms with Gasteiger partial charge < -0.3 is 0 Å². The van der Waals surface area contributed by atoms with Crippen molar-refractivity contribution in [3.63, 3.8) is 0 Å². The van der Waals surface area contributed by atoms with Gasteiger partial charge in [-0.3, -0.25) is 15.0 Å². The van der Waals surface area contributed by atoms with E-state index in [2.05, 4.69) is 11.0 Å². The molecule has 1 aliphatic heterocycles. The first kappa shape index (κ1) is 14.8. The molecule has 1 saturated heterocycles. The van der Waals surface area contributed by atoms with E-state index >= 15 is 0 Å². The van der Waals surface area contributed by atoms with Gasteiger partial charge in [-0.25, -0.2) is 0 Å². The molecule has 0 atom stereocenters. The quantitative estimate of drug-likeness (QED) is 0.633. The van der Waals surface area contributed by atoms with Gasteiger partial charge in [0, 0.05) is 25.7 Å². The molecule has 0 bridgehead atoms. The lowest BCUT2D eigenvalue weighted by Gasteiger charge is -2.34. The maximum Gasteiger partial charge on any atom is 0.275 e. The molecule has 2 rings (SSSR count). The zero-order valence-electron chi connectivity index (χ0n) is 11.3. The number of nitriles is 1. The van der Waals surface area contributed by atoms with Crippen LogP contribution in [0.3, 0.4) is 0 Å². The van der Waals surface area contributed by atoms with Crippen molar-refractivity contribution >= 4 is 17.3 Å². The maximum atomic E-state index is 11.1. The molecule has 0 aliphatic carbocycles. The minimum Gasteiger partial charge on any atom is -0.299 e. The lowest BCUT2D eigenvalue weighted by atomic mass is 9.82. The van der Waals surface area contributed by atoms with E-state index in [0.29, 0.717) is 17.1 Å². The summed E-state index contributed by atoms with van der Waals surface area (Å²) in [7, 11) is 0. The molecule has 0 N–H and O–H groups in total. The predicted molar refractivity (Wildman–Crippen MR) is 76.3 cm³/mol. The van der Waals surface area contributed by atoms with Crippen LogP contribution in [0.15, 0.2) is 18.2 Å². The monoisotopic (exact) mass is 293 g/mol. The molecular weight excluding hydrogens is 278 g/mol. The third kappa shape index (κ3) is 3.09. The van der Waals surface area contributed by atoms with Crippen molar-refractivity contribution in [2.24, 2.45) is 5.41 Å². The third-order valence-electron chi connectivity index (χ3n) is 3.90. The van der Waals surface area contributed by atoms with Crippen LogP contribution in [0.25, 0.3) is 0 Å². The van der Waals surface area contributed by atoms with E-state index in [1.807, 2.05) is 6.92 Å². The average molecular weight is 294 g/mol. The number of nitro groups is 1. The SMILES string of the molecule is CC1(C#N)CCN(Cc2c(Cl)cccc2[N+](=O)[O-])CC1. The summed E-state index contributed by atoms with van der Waals surface area (Å²) in [6.07, 6.45) is 1.56. The Bertz CT molecular complexity index is 560. The van der Waals surface area contributed by atoms with Gasteiger partial charge in [0.1, 0.15) is 0 Å². The molecule has 0 radical (unpaired) electrons. The van der Waals surface area contributed by atoms with E-state index in [9.17, 15) is 10.1 Å². The summed E-state index contributed by atoms with van der Waals surface area (Å²) >= 11 is 6.09. The molecule has 0 unspecified atom stereocenters. The number of benzene rings is 1. The number of piperidine rings is 1. The van der Waals surface area contributed by atoms with Gasteiger partial charge in [-0.1, -0.05) is 17.7 Å². The van der Waals surface area contributed by atoms with Crippen LogP contribution < -0.4 is 0 Å². The van der Waals surface area contributed by atoms with Crippen LogP contribution in [0.4, 0.5) is 5.69 Å². The van der Waals surface area contributed by atoms with Crippen LogP contribution in [0.2, 0.25) is 5.02 Å². The highest BCUT2D eigenvalue weighted by Crippen LogP contribution is 2.33. The second-order valence-electron chi connectivity index (χ2n) is 5.44. The minimum atomic E-state index is -0.398. The first-order valence-corrected chi connectivity index (χ1v) is 6.88. The van der Waals surface area contributed by atoms with Gasteiger partial charge >= 0.3 is 0 Å². The lowest BCUT2D eigenvalue weighted by molar-refractivity contribution is -0.385. The lowest BCUT2D eigenvalue weighted by Crippen LogP contribution is -2.37. The fraction of sp³-hybridized carbons (Fsp3) is 0.500. The number of hydrogen-bond acceptors (Lipinski definition) is 4. The Morgan fingerprint density at radius 2 is 2.15 bits per heavy atom. The van der Waals surface area contributed by atoms with Crippen LogP contribution in [-0.4, -0.2) is 22.9 Å². The predicted octanol–water partition coefficient (Wildman–Crippen LogP) is 3.37. The van der Waals surface area contributed by atoms with Gasteiger partial charge in [-0.2, -0.15) is 5.26 Å². The van der Waals surface area contributed by atoms with Crippen molar-refractivity contribution in [1.82, 2.24) is 4.90 Å². The van der Waals surface area contributed by atoms with Gasteiger partial charge in [-0.05, 0) is 25.8 Å². The summed E-state index contributed by atoms with van der Waals surface area (Å²) in [5, 5.41) is 20.6. The van der Waals surface area contributed by atoms with Crippen LogP contribution >= 0.6 is 11.6 Å². The van der Waals surface area contributed by atoms with E-state index in [4.69, 9.17) is 16.9 Å². The second kappa shape index (κ2) is 5.78. The van der Waals surface area contributed by atoms with Gasteiger partial charge in [0.2, 0.25) is 0 Å². The van der Waals surface area contributed by atoms with Crippen LogP contribution in [0, 0.1) is 26.9 Å².